The van der Waals surface area contributed by atoms with Gasteiger partial charge in [0.1, 0.15) is 10.4 Å². The molecule has 1 fully saturated rings. The van der Waals surface area contributed by atoms with Crippen LogP contribution in [-0.4, -0.2) is 33.7 Å². The van der Waals surface area contributed by atoms with Crippen LogP contribution in [0.3, 0.4) is 0 Å². The summed E-state index contributed by atoms with van der Waals surface area (Å²) in [6.07, 6.45) is 2.54. The summed E-state index contributed by atoms with van der Waals surface area (Å²) in [5.74, 6) is -0.724. The molecule has 6 heteroatoms. The van der Waals surface area contributed by atoms with Crippen molar-refractivity contribution in [3.8, 4) is 0 Å². The van der Waals surface area contributed by atoms with Crippen molar-refractivity contribution >= 4 is 46.3 Å². The van der Waals surface area contributed by atoms with E-state index in [1.807, 2.05) is 51.1 Å². The lowest BCUT2D eigenvalue weighted by molar-refractivity contribution is -0.152. The fourth-order valence-corrected chi connectivity index (χ4v) is 3.71. The van der Waals surface area contributed by atoms with Crippen molar-refractivity contribution in [2.45, 2.75) is 33.2 Å². The van der Waals surface area contributed by atoms with Crippen molar-refractivity contribution in [1.82, 2.24) is 4.90 Å². The number of amides is 1. The first kappa shape index (κ1) is 18.7. The zero-order valence-electron chi connectivity index (χ0n) is 14.0. The van der Waals surface area contributed by atoms with Crippen LogP contribution in [0.2, 0.25) is 0 Å². The molecule has 0 saturated carbocycles. The monoisotopic (exact) mass is 363 g/mol. The molecule has 1 heterocycles. The fraction of sp³-hybridized carbons (Fsp3) is 0.389. The third kappa shape index (κ3) is 4.24. The van der Waals surface area contributed by atoms with Crippen molar-refractivity contribution in [2.75, 3.05) is 6.61 Å². The third-order valence-corrected chi connectivity index (χ3v) is 4.85. The molecular weight excluding hydrogens is 342 g/mol. The number of esters is 1. The number of thioether (sulfide) groups is 1. The van der Waals surface area contributed by atoms with Gasteiger partial charge in [0.25, 0.3) is 5.91 Å². The molecule has 0 bridgehead atoms. The Balaban J connectivity index is 2.26. The Morgan fingerprint density at radius 1 is 1.33 bits per heavy atom. The molecule has 1 amide bonds. The van der Waals surface area contributed by atoms with Crippen molar-refractivity contribution in [2.24, 2.45) is 5.92 Å². The number of carbonyl (C=O) groups is 2. The highest BCUT2D eigenvalue weighted by Gasteiger charge is 2.42. The van der Waals surface area contributed by atoms with Gasteiger partial charge in [-0.3, -0.25) is 9.69 Å². The van der Waals surface area contributed by atoms with Crippen LogP contribution < -0.4 is 0 Å². The van der Waals surface area contributed by atoms with E-state index >= 15 is 0 Å². The van der Waals surface area contributed by atoms with Gasteiger partial charge in [0.15, 0.2) is 0 Å². The van der Waals surface area contributed by atoms with Crippen LogP contribution in [0.5, 0.6) is 0 Å². The van der Waals surface area contributed by atoms with Gasteiger partial charge in [0, 0.05) is 0 Å². The van der Waals surface area contributed by atoms with Crippen LogP contribution in [0.15, 0.2) is 35.2 Å². The predicted octanol–water partition coefficient (Wildman–Crippen LogP) is 3.87. The molecule has 1 aromatic rings. The Kier molecular flexibility index (Phi) is 6.57. The molecule has 1 atom stereocenters. The van der Waals surface area contributed by atoms with E-state index in [0.717, 1.165) is 12.0 Å². The van der Waals surface area contributed by atoms with Gasteiger partial charge in [0.2, 0.25) is 0 Å². The number of nitrogens with zero attached hydrogens (tertiary/aromatic N) is 1. The van der Waals surface area contributed by atoms with Crippen LogP contribution in [0.1, 0.15) is 32.8 Å². The van der Waals surface area contributed by atoms with E-state index in [1.165, 1.54) is 16.7 Å². The lowest BCUT2D eigenvalue weighted by atomic mass is 10.0. The maximum Gasteiger partial charge on any atom is 0.329 e. The summed E-state index contributed by atoms with van der Waals surface area (Å²) in [7, 11) is 0. The van der Waals surface area contributed by atoms with Crippen LogP contribution in [0.4, 0.5) is 0 Å². The lowest BCUT2D eigenvalue weighted by Crippen LogP contribution is -2.47. The molecule has 4 nitrogen and oxygen atoms in total. The summed E-state index contributed by atoms with van der Waals surface area (Å²) in [5.41, 5.74) is 0.924. The summed E-state index contributed by atoms with van der Waals surface area (Å²) in [5, 5.41) is 0. The number of rotatable bonds is 6. The molecule has 1 aliphatic heterocycles. The number of ether oxygens (including phenoxy) is 1. The Morgan fingerprint density at radius 3 is 2.58 bits per heavy atom. The molecule has 128 valence electrons. The number of carbonyl (C=O) groups excluding carboxylic acids is 2. The van der Waals surface area contributed by atoms with Crippen LogP contribution in [0.25, 0.3) is 6.08 Å². The van der Waals surface area contributed by atoms with E-state index in [0.29, 0.717) is 15.8 Å². The largest absolute Gasteiger partial charge is 0.464 e. The normalized spacial score (nSPS) is 17.7. The number of thiocarbonyl (C=S) groups is 1. The zero-order chi connectivity index (χ0) is 17.7. The van der Waals surface area contributed by atoms with Crippen LogP contribution in [-0.2, 0) is 14.3 Å². The Hall–Kier alpha value is -1.66. The molecular formula is C18H21NO3S2. The third-order valence-electron chi connectivity index (χ3n) is 3.52. The average molecular weight is 364 g/mol. The molecule has 0 spiro atoms. The van der Waals surface area contributed by atoms with Gasteiger partial charge < -0.3 is 4.74 Å². The predicted molar refractivity (Wildman–Crippen MR) is 101 cm³/mol. The Labute approximate surface area is 152 Å². The topological polar surface area (TPSA) is 46.6 Å². The maximum absolute atomic E-state index is 12.8. The molecule has 0 unspecified atom stereocenters. The van der Waals surface area contributed by atoms with Gasteiger partial charge >= 0.3 is 5.97 Å². The lowest BCUT2D eigenvalue weighted by Gasteiger charge is -2.28. The average Bonchev–Trinajstić information content (AvgIpc) is 2.81. The van der Waals surface area contributed by atoms with Crippen LogP contribution >= 0.6 is 24.0 Å². The van der Waals surface area contributed by atoms with Gasteiger partial charge in [-0.2, -0.15) is 0 Å². The highest BCUT2D eigenvalue weighted by molar-refractivity contribution is 8.26. The highest BCUT2D eigenvalue weighted by atomic mass is 32.2. The molecule has 24 heavy (non-hydrogen) atoms. The van der Waals surface area contributed by atoms with E-state index in [1.54, 1.807) is 6.08 Å². The van der Waals surface area contributed by atoms with Gasteiger partial charge in [-0.15, -0.1) is 0 Å². The van der Waals surface area contributed by atoms with Gasteiger partial charge in [-0.25, -0.2) is 4.79 Å². The minimum atomic E-state index is -0.689. The van der Waals surface area contributed by atoms with E-state index in [4.69, 9.17) is 17.0 Å². The number of hydrogen-bond donors (Lipinski definition) is 0. The summed E-state index contributed by atoms with van der Waals surface area (Å²) < 4.78 is 5.65. The molecule has 0 aromatic heterocycles. The first-order valence-corrected chi connectivity index (χ1v) is 9.17. The van der Waals surface area contributed by atoms with Gasteiger partial charge in [-0.05, 0) is 24.0 Å². The van der Waals surface area contributed by atoms with Gasteiger partial charge in [0.05, 0.1) is 11.5 Å². The first-order chi connectivity index (χ1) is 11.5. The molecule has 0 radical (unpaired) electrons. The summed E-state index contributed by atoms with van der Waals surface area (Å²) in [6, 6.07) is 8.88. The van der Waals surface area contributed by atoms with Crippen molar-refractivity contribution in [3.63, 3.8) is 0 Å². The second-order valence-electron chi connectivity index (χ2n) is 5.82. The van der Waals surface area contributed by atoms with E-state index in [2.05, 4.69) is 0 Å². The minimum Gasteiger partial charge on any atom is -0.464 e. The van der Waals surface area contributed by atoms with Crippen molar-refractivity contribution < 1.29 is 14.3 Å². The second kappa shape index (κ2) is 8.44. The van der Waals surface area contributed by atoms with E-state index < -0.39 is 12.0 Å². The highest BCUT2D eigenvalue weighted by Crippen LogP contribution is 2.35. The quantitative estimate of drug-likeness (QED) is 0.436. The smallest absolute Gasteiger partial charge is 0.329 e. The van der Waals surface area contributed by atoms with E-state index in [9.17, 15) is 9.59 Å². The number of benzene rings is 1. The van der Waals surface area contributed by atoms with Crippen LogP contribution in [0, 0.1) is 5.92 Å². The SMILES string of the molecule is CCCOC(=O)[C@H](C(C)C)N1C(=O)/C(=C/c2ccccc2)SC1=S. The Bertz CT molecular complexity index is 655. The molecule has 1 saturated heterocycles. The second-order valence-corrected chi connectivity index (χ2v) is 7.49. The summed E-state index contributed by atoms with van der Waals surface area (Å²) >= 11 is 6.58. The number of hydrogen-bond acceptors (Lipinski definition) is 5. The van der Waals surface area contributed by atoms with E-state index in [-0.39, 0.29) is 11.8 Å². The standard InChI is InChI=1S/C18H21NO3S2/c1-4-10-22-17(21)15(12(2)3)19-16(20)14(24-18(19)23)11-13-8-6-5-7-9-13/h5-9,11-12,15H,4,10H2,1-3H3/b14-11-/t15-/m0/s1. The molecule has 0 aliphatic carbocycles. The van der Waals surface area contributed by atoms with Crippen molar-refractivity contribution in [1.29, 1.82) is 0 Å². The summed E-state index contributed by atoms with van der Waals surface area (Å²) in [4.78, 5) is 27.1. The molecule has 1 aliphatic rings. The fourth-order valence-electron chi connectivity index (χ4n) is 2.38. The molecule has 0 N–H and O–H groups in total. The maximum atomic E-state index is 12.8. The summed E-state index contributed by atoms with van der Waals surface area (Å²) in [6.45, 7) is 6.05. The minimum absolute atomic E-state index is 0.0899. The van der Waals surface area contributed by atoms with Gasteiger partial charge in [-0.1, -0.05) is 75.1 Å². The Morgan fingerprint density at radius 2 is 2.00 bits per heavy atom. The molecule has 2 rings (SSSR count). The van der Waals surface area contributed by atoms with Crippen molar-refractivity contribution in [3.05, 3.63) is 40.8 Å². The first-order valence-electron chi connectivity index (χ1n) is 7.94. The molecule has 1 aromatic carbocycles. The zero-order valence-corrected chi connectivity index (χ0v) is 15.7.